The maximum absolute atomic E-state index is 12.5. The van der Waals surface area contributed by atoms with Gasteiger partial charge < -0.3 is 10.6 Å². The number of aromatic nitrogens is 3. The van der Waals surface area contributed by atoms with Gasteiger partial charge in [-0.25, -0.2) is 4.79 Å². The summed E-state index contributed by atoms with van der Waals surface area (Å²) in [6.07, 6.45) is 0. The lowest BCUT2D eigenvalue weighted by atomic mass is 10.1. The maximum Gasteiger partial charge on any atom is 0.319 e. The SMILES string of the molecule is Cc1cccc(CSc2nnc(CNC(=O)Nc3ccc(C)c(C)c3)n2-c2ccc([N+](=O)[O-])cc2)c1. The number of nitro benzene ring substituents is 1. The Morgan fingerprint density at radius 1 is 1.00 bits per heavy atom. The molecule has 36 heavy (non-hydrogen) atoms. The molecule has 1 aromatic heterocycles. The Bertz CT molecular complexity index is 1400. The van der Waals surface area contributed by atoms with Crippen LogP contribution in [0.1, 0.15) is 28.1 Å². The molecule has 4 aromatic rings. The van der Waals surface area contributed by atoms with Crippen LogP contribution < -0.4 is 10.6 Å². The van der Waals surface area contributed by atoms with Crippen LogP contribution in [-0.2, 0) is 12.3 Å². The van der Waals surface area contributed by atoms with Crippen molar-refractivity contribution in [3.63, 3.8) is 0 Å². The van der Waals surface area contributed by atoms with Gasteiger partial charge in [-0.1, -0.05) is 47.7 Å². The lowest BCUT2D eigenvalue weighted by molar-refractivity contribution is -0.384. The monoisotopic (exact) mass is 502 g/mol. The van der Waals surface area contributed by atoms with E-state index >= 15 is 0 Å². The number of thioether (sulfide) groups is 1. The standard InChI is InChI=1S/C26H26N6O3S/c1-17-5-4-6-20(13-17)16-36-26-30-29-24(31(26)22-9-11-23(12-10-22)32(34)35)15-27-25(33)28-21-8-7-18(2)19(3)14-21/h4-14H,15-16H2,1-3H3,(H2,27,28,33). The van der Waals surface area contributed by atoms with Gasteiger partial charge in [-0.05, 0) is 61.7 Å². The summed E-state index contributed by atoms with van der Waals surface area (Å²) in [6.45, 7) is 6.16. The number of nitrogens with zero attached hydrogens (tertiary/aromatic N) is 4. The predicted molar refractivity (Wildman–Crippen MR) is 141 cm³/mol. The number of hydrogen-bond donors (Lipinski definition) is 2. The van der Waals surface area contributed by atoms with Crippen LogP contribution in [0, 0.1) is 30.9 Å². The number of amides is 2. The van der Waals surface area contributed by atoms with Crippen molar-refractivity contribution in [2.45, 2.75) is 38.2 Å². The van der Waals surface area contributed by atoms with Gasteiger partial charge in [-0.3, -0.25) is 14.7 Å². The Morgan fingerprint density at radius 3 is 2.47 bits per heavy atom. The Balaban J connectivity index is 1.54. The first-order valence-corrected chi connectivity index (χ1v) is 12.3. The lowest BCUT2D eigenvalue weighted by Gasteiger charge is -2.12. The van der Waals surface area contributed by atoms with Crippen molar-refractivity contribution in [2.75, 3.05) is 5.32 Å². The molecule has 0 spiro atoms. The van der Waals surface area contributed by atoms with Crippen LogP contribution >= 0.6 is 11.8 Å². The van der Waals surface area contributed by atoms with Crippen LogP contribution in [-0.4, -0.2) is 25.7 Å². The molecule has 0 unspecified atom stereocenters. The number of carbonyl (C=O) groups excluding carboxylic acids is 1. The second kappa shape index (κ2) is 11.0. The third-order valence-electron chi connectivity index (χ3n) is 5.64. The molecular weight excluding hydrogens is 476 g/mol. The molecular formula is C26H26N6O3S. The van der Waals surface area contributed by atoms with Crippen molar-refractivity contribution in [3.05, 3.63) is 105 Å². The molecule has 3 aromatic carbocycles. The number of nitrogens with one attached hydrogen (secondary N) is 2. The number of non-ortho nitro benzene ring substituents is 1. The molecule has 0 saturated heterocycles. The van der Waals surface area contributed by atoms with Gasteiger partial charge in [0.1, 0.15) is 0 Å². The molecule has 184 valence electrons. The number of anilines is 1. The number of nitro groups is 1. The molecule has 0 atom stereocenters. The zero-order valence-corrected chi connectivity index (χ0v) is 21.0. The summed E-state index contributed by atoms with van der Waals surface area (Å²) in [6, 6.07) is 19.7. The van der Waals surface area contributed by atoms with E-state index in [-0.39, 0.29) is 18.3 Å². The first kappa shape index (κ1) is 24.9. The molecule has 9 nitrogen and oxygen atoms in total. The molecule has 0 bridgehead atoms. The van der Waals surface area contributed by atoms with E-state index in [2.05, 4.69) is 26.9 Å². The van der Waals surface area contributed by atoms with Crippen molar-refractivity contribution in [1.82, 2.24) is 20.1 Å². The summed E-state index contributed by atoms with van der Waals surface area (Å²) in [7, 11) is 0. The van der Waals surface area contributed by atoms with Crippen LogP contribution in [0.25, 0.3) is 5.69 Å². The quantitative estimate of drug-likeness (QED) is 0.181. The topological polar surface area (TPSA) is 115 Å². The Hall–Kier alpha value is -4.18. The van der Waals surface area contributed by atoms with E-state index in [4.69, 9.17) is 0 Å². The number of rotatable bonds is 8. The van der Waals surface area contributed by atoms with E-state index < -0.39 is 4.92 Å². The van der Waals surface area contributed by atoms with Gasteiger partial charge >= 0.3 is 6.03 Å². The Labute approximate surface area is 213 Å². The summed E-state index contributed by atoms with van der Waals surface area (Å²) < 4.78 is 1.81. The van der Waals surface area contributed by atoms with Gasteiger partial charge in [0.25, 0.3) is 5.69 Å². The number of urea groups is 1. The Kier molecular flexibility index (Phi) is 7.65. The predicted octanol–water partition coefficient (Wildman–Crippen LogP) is 5.71. The van der Waals surface area contributed by atoms with Gasteiger partial charge in [0.15, 0.2) is 11.0 Å². The third kappa shape index (κ3) is 6.08. The van der Waals surface area contributed by atoms with Crippen LogP contribution in [0.15, 0.2) is 71.9 Å². The lowest BCUT2D eigenvalue weighted by Crippen LogP contribution is -2.29. The highest BCUT2D eigenvalue weighted by molar-refractivity contribution is 7.98. The maximum atomic E-state index is 12.5. The summed E-state index contributed by atoms with van der Waals surface area (Å²) in [5.41, 5.74) is 5.91. The highest BCUT2D eigenvalue weighted by atomic mass is 32.2. The first-order chi connectivity index (χ1) is 17.3. The van der Waals surface area contributed by atoms with Gasteiger partial charge in [-0.15, -0.1) is 10.2 Å². The average molecular weight is 503 g/mol. The van der Waals surface area contributed by atoms with E-state index in [0.717, 1.165) is 16.7 Å². The smallest absolute Gasteiger partial charge is 0.319 e. The minimum Gasteiger partial charge on any atom is -0.331 e. The zero-order chi connectivity index (χ0) is 25.7. The molecule has 0 radical (unpaired) electrons. The van der Waals surface area contributed by atoms with Crippen molar-refractivity contribution in [2.24, 2.45) is 0 Å². The van der Waals surface area contributed by atoms with E-state index in [1.807, 2.05) is 57.2 Å². The largest absolute Gasteiger partial charge is 0.331 e. The van der Waals surface area contributed by atoms with E-state index in [0.29, 0.717) is 28.1 Å². The summed E-state index contributed by atoms with van der Waals surface area (Å²) in [4.78, 5) is 23.2. The van der Waals surface area contributed by atoms with Crippen LogP contribution in [0.3, 0.4) is 0 Å². The third-order valence-corrected chi connectivity index (χ3v) is 6.64. The molecule has 0 aliphatic rings. The number of carbonyl (C=O) groups is 1. The summed E-state index contributed by atoms with van der Waals surface area (Å²) in [5.74, 6) is 1.18. The van der Waals surface area contributed by atoms with Gasteiger partial charge in [-0.2, -0.15) is 0 Å². The van der Waals surface area contributed by atoms with Gasteiger partial charge in [0.05, 0.1) is 11.5 Å². The van der Waals surface area contributed by atoms with Crippen molar-refractivity contribution in [3.8, 4) is 5.69 Å². The van der Waals surface area contributed by atoms with Crippen LogP contribution in [0.4, 0.5) is 16.2 Å². The fourth-order valence-electron chi connectivity index (χ4n) is 3.59. The summed E-state index contributed by atoms with van der Waals surface area (Å²) in [5, 5.41) is 26.0. The first-order valence-electron chi connectivity index (χ1n) is 11.3. The van der Waals surface area contributed by atoms with Gasteiger partial charge in [0.2, 0.25) is 0 Å². The minimum absolute atomic E-state index is 0.00627. The summed E-state index contributed by atoms with van der Waals surface area (Å²) >= 11 is 1.50. The molecule has 4 rings (SSSR count). The Morgan fingerprint density at radius 2 is 1.78 bits per heavy atom. The van der Waals surface area contributed by atoms with Crippen LogP contribution in [0.2, 0.25) is 0 Å². The molecule has 10 heteroatoms. The normalized spacial score (nSPS) is 10.8. The van der Waals surface area contributed by atoms with E-state index in [1.54, 1.807) is 16.7 Å². The highest BCUT2D eigenvalue weighted by Crippen LogP contribution is 2.27. The fourth-order valence-corrected chi connectivity index (χ4v) is 4.51. The zero-order valence-electron chi connectivity index (χ0n) is 20.2. The fraction of sp³-hybridized carbons (Fsp3) is 0.192. The molecule has 0 aliphatic heterocycles. The van der Waals surface area contributed by atoms with Crippen molar-refractivity contribution in [1.29, 1.82) is 0 Å². The molecule has 2 N–H and O–H groups in total. The number of hydrogen-bond acceptors (Lipinski definition) is 6. The second-order valence-electron chi connectivity index (χ2n) is 8.39. The highest BCUT2D eigenvalue weighted by Gasteiger charge is 2.17. The average Bonchev–Trinajstić information content (AvgIpc) is 3.26. The molecule has 2 amide bonds. The van der Waals surface area contributed by atoms with Crippen LogP contribution in [0.5, 0.6) is 0 Å². The second-order valence-corrected chi connectivity index (χ2v) is 9.33. The molecule has 0 aliphatic carbocycles. The number of benzene rings is 3. The van der Waals surface area contributed by atoms with Crippen molar-refractivity contribution < 1.29 is 9.72 Å². The molecule has 1 heterocycles. The minimum atomic E-state index is -0.442. The molecule has 0 fully saturated rings. The van der Waals surface area contributed by atoms with E-state index in [1.165, 1.54) is 29.5 Å². The van der Waals surface area contributed by atoms with Gasteiger partial charge in [0, 0.05) is 29.3 Å². The van der Waals surface area contributed by atoms with Crippen molar-refractivity contribution >= 4 is 29.2 Å². The number of aryl methyl sites for hydroxylation is 3. The molecule has 0 saturated carbocycles. The van der Waals surface area contributed by atoms with E-state index in [9.17, 15) is 14.9 Å².